The first-order chi connectivity index (χ1) is 13.9. The molecule has 1 aliphatic heterocycles. The number of hydrogen-bond donors (Lipinski definition) is 1. The number of nitrogens with one attached hydrogen (secondary N) is 1. The van der Waals surface area contributed by atoms with Crippen LogP contribution in [-0.4, -0.2) is 31.7 Å². The fraction of sp³-hybridized carbons (Fsp3) is 0.364. The normalized spacial score (nSPS) is 15.6. The Labute approximate surface area is 172 Å². The van der Waals surface area contributed by atoms with Gasteiger partial charge in [0, 0.05) is 25.2 Å². The minimum atomic E-state index is -3.49. The molecule has 1 aliphatic rings. The molecular formula is C22H25N3O3S. The number of amides is 1. The summed E-state index contributed by atoms with van der Waals surface area (Å²) in [7, 11) is -3.49. The highest BCUT2D eigenvalue weighted by Gasteiger charge is 2.27. The van der Waals surface area contributed by atoms with Gasteiger partial charge in [0.05, 0.1) is 16.5 Å². The SMILES string of the molecule is CC1CCN(S(=O)(=O)c2ccc(NC(=O)CCc3ccc(C#N)cc3)cc2)CC1. The van der Waals surface area contributed by atoms with Crippen LogP contribution in [0.25, 0.3) is 0 Å². The zero-order valence-corrected chi connectivity index (χ0v) is 17.3. The number of anilines is 1. The van der Waals surface area contributed by atoms with Crippen LogP contribution in [0, 0.1) is 17.2 Å². The number of sulfonamides is 1. The molecule has 0 radical (unpaired) electrons. The Kier molecular flexibility index (Phi) is 6.68. The molecule has 0 aromatic heterocycles. The summed E-state index contributed by atoms with van der Waals surface area (Å²) in [5.74, 6) is 0.415. The lowest BCUT2D eigenvalue weighted by atomic mass is 10.0. The second kappa shape index (κ2) is 9.21. The molecule has 2 aromatic carbocycles. The van der Waals surface area contributed by atoms with Crippen LogP contribution in [0.15, 0.2) is 53.4 Å². The Morgan fingerprint density at radius 2 is 1.72 bits per heavy atom. The Morgan fingerprint density at radius 3 is 2.31 bits per heavy atom. The van der Waals surface area contributed by atoms with Crippen LogP contribution in [0.5, 0.6) is 0 Å². The Balaban J connectivity index is 1.55. The number of carbonyl (C=O) groups is 1. The largest absolute Gasteiger partial charge is 0.326 e. The van der Waals surface area contributed by atoms with E-state index in [2.05, 4.69) is 18.3 Å². The van der Waals surface area contributed by atoms with E-state index in [0.29, 0.717) is 43.1 Å². The molecule has 0 spiro atoms. The minimum Gasteiger partial charge on any atom is -0.326 e. The Hall–Kier alpha value is -2.69. The van der Waals surface area contributed by atoms with Gasteiger partial charge in [0.2, 0.25) is 15.9 Å². The lowest BCUT2D eigenvalue weighted by Gasteiger charge is -2.29. The fourth-order valence-corrected chi connectivity index (χ4v) is 4.78. The molecule has 6 nitrogen and oxygen atoms in total. The molecule has 1 fully saturated rings. The van der Waals surface area contributed by atoms with Gasteiger partial charge >= 0.3 is 0 Å². The van der Waals surface area contributed by atoms with Crippen LogP contribution in [-0.2, 0) is 21.2 Å². The number of nitrogens with zero attached hydrogens (tertiary/aromatic N) is 2. The van der Waals surface area contributed by atoms with Gasteiger partial charge in [-0.2, -0.15) is 9.57 Å². The van der Waals surface area contributed by atoms with Crippen molar-refractivity contribution in [2.75, 3.05) is 18.4 Å². The number of carbonyl (C=O) groups excluding carboxylic acids is 1. The number of nitriles is 1. The molecule has 152 valence electrons. The smallest absolute Gasteiger partial charge is 0.243 e. The van der Waals surface area contributed by atoms with Crippen molar-refractivity contribution in [1.29, 1.82) is 5.26 Å². The predicted molar refractivity (Wildman–Crippen MR) is 112 cm³/mol. The molecule has 7 heteroatoms. The van der Waals surface area contributed by atoms with Gasteiger partial charge in [-0.1, -0.05) is 19.1 Å². The average molecular weight is 412 g/mol. The second-order valence-corrected chi connectivity index (χ2v) is 9.41. The Bertz CT molecular complexity index is 985. The van der Waals surface area contributed by atoms with Gasteiger partial charge in [0.25, 0.3) is 0 Å². The van der Waals surface area contributed by atoms with Crippen LogP contribution >= 0.6 is 0 Å². The molecule has 2 aromatic rings. The molecule has 1 heterocycles. The van der Waals surface area contributed by atoms with E-state index in [4.69, 9.17) is 5.26 Å². The lowest BCUT2D eigenvalue weighted by Crippen LogP contribution is -2.37. The van der Waals surface area contributed by atoms with Gasteiger partial charge in [0.1, 0.15) is 0 Å². The molecule has 0 atom stereocenters. The van der Waals surface area contributed by atoms with E-state index in [1.165, 1.54) is 4.31 Å². The van der Waals surface area contributed by atoms with Crippen molar-refractivity contribution < 1.29 is 13.2 Å². The van der Waals surface area contributed by atoms with E-state index in [1.54, 1.807) is 36.4 Å². The third-order valence-electron chi connectivity index (χ3n) is 5.24. The molecule has 0 unspecified atom stereocenters. The van der Waals surface area contributed by atoms with Crippen molar-refractivity contribution >= 4 is 21.6 Å². The summed E-state index contributed by atoms with van der Waals surface area (Å²) in [5, 5.41) is 11.6. The summed E-state index contributed by atoms with van der Waals surface area (Å²) in [5.41, 5.74) is 2.14. The van der Waals surface area contributed by atoms with Gasteiger partial charge in [0.15, 0.2) is 0 Å². The van der Waals surface area contributed by atoms with Crippen molar-refractivity contribution in [3.8, 4) is 6.07 Å². The van der Waals surface area contributed by atoms with Crippen LogP contribution < -0.4 is 5.32 Å². The summed E-state index contributed by atoms with van der Waals surface area (Å²) in [4.78, 5) is 12.4. The standard InChI is InChI=1S/C22H25N3O3S/c1-17-12-14-25(15-13-17)29(27,28)21-9-7-20(8-10-21)24-22(26)11-6-18-2-4-19(16-23)5-3-18/h2-5,7-10,17H,6,11-15H2,1H3,(H,24,26). The summed E-state index contributed by atoms with van der Waals surface area (Å²) in [6, 6.07) is 15.5. The Morgan fingerprint density at radius 1 is 1.10 bits per heavy atom. The number of aryl methyl sites for hydroxylation is 1. The summed E-state index contributed by atoms with van der Waals surface area (Å²) >= 11 is 0. The maximum atomic E-state index is 12.8. The first kappa shape index (κ1) is 21.0. The highest BCUT2D eigenvalue weighted by molar-refractivity contribution is 7.89. The third-order valence-corrected chi connectivity index (χ3v) is 7.16. The predicted octanol–water partition coefficient (Wildman–Crippen LogP) is 3.55. The van der Waals surface area contributed by atoms with Crippen LogP contribution in [0.4, 0.5) is 5.69 Å². The van der Waals surface area contributed by atoms with Crippen LogP contribution in [0.3, 0.4) is 0 Å². The minimum absolute atomic E-state index is 0.144. The molecule has 3 rings (SSSR count). The summed E-state index contributed by atoms with van der Waals surface area (Å²) < 4.78 is 27.0. The topological polar surface area (TPSA) is 90.3 Å². The molecule has 1 saturated heterocycles. The maximum absolute atomic E-state index is 12.8. The molecule has 29 heavy (non-hydrogen) atoms. The van der Waals surface area contributed by atoms with E-state index in [0.717, 1.165) is 18.4 Å². The number of benzene rings is 2. The molecule has 1 N–H and O–H groups in total. The van der Waals surface area contributed by atoms with Crippen molar-refractivity contribution in [3.05, 3.63) is 59.7 Å². The number of rotatable bonds is 6. The first-order valence-corrected chi connectivity index (χ1v) is 11.2. The van der Waals surface area contributed by atoms with Crippen molar-refractivity contribution in [1.82, 2.24) is 4.31 Å². The molecule has 0 saturated carbocycles. The number of piperidine rings is 1. The quantitative estimate of drug-likeness (QED) is 0.787. The maximum Gasteiger partial charge on any atom is 0.243 e. The van der Waals surface area contributed by atoms with Crippen LogP contribution in [0.1, 0.15) is 37.3 Å². The zero-order valence-electron chi connectivity index (χ0n) is 16.5. The van der Waals surface area contributed by atoms with Crippen molar-refractivity contribution in [2.24, 2.45) is 5.92 Å². The van der Waals surface area contributed by atoms with Crippen molar-refractivity contribution in [3.63, 3.8) is 0 Å². The highest BCUT2D eigenvalue weighted by Crippen LogP contribution is 2.24. The molecule has 1 amide bonds. The second-order valence-electron chi connectivity index (χ2n) is 7.47. The van der Waals surface area contributed by atoms with E-state index >= 15 is 0 Å². The van der Waals surface area contributed by atoms with Gasteiger partial charge in [-0.05, 0) is 67.1 Å². The lowest BCUT2D eigenvalue weighted by molar-refractivity contribution is -0.116. The van der Waals surface area contributed by atoms with E-state index in [9.17, 15) is 13.2 Å². The van der Waals surface area contributed by atoms with Gasteiger partial charge in [-0.3, -0.25) is 4.79 Å². The average Bonchev–Trinajstić information content (AvgIpc) is 2.73. The highest BCUT2D eigenvalue weighted by atomic mass is 32.2. The van der Waals surface area contributed by atoms with Gasteiger partial charge in [-0.15, -0.1) is 0 Å². The van der Waals surface area contributed by atoms with E-state index < -0.39 is 10.0 Å². The van der Waals surface area contributed by atoms with Gasteiger partial charge in [-0.25, -0.2) is 8.42 Å². The molecule has 0 aliphatic carbocycles. The summed E-state index contributed by atoms with van der Waals surface area (Å²) in [6.45, 7) is 3.25. The van der Waals surface area contributed by atoms with Crippen LogP contribution in [0.2, 0.25) is 0 Å². The van der Waals surface area contributed by atoms with Gasteiger partial charge < -0.3 is 5.32 Å². The van der Waals surface area contributed by atoms with Crippen molar-refractivity contribution in [2.45, 2.75) is 37.5 Å². The monoisotopic (exact) mass is 411 g/mol. The third kappa shape index (κ3) is 5.43. The molecule has 0 bridgehead atoms. The number of hydrogen-bond acceptors (Lipinski definition) is 4. The molecular weight excluding hydrogens is 386 g/mol. The van der Waals surface area contributed by atoms with E-state index in [-0.39, 0.29) is 10.8 Å². The first-order valence-electron chi connectivity index (χ1n) is 9.77. The summed E-state index contributed by atoms with van der Waals surface area (Å²) in [6.07, 6.45) is 2.63. The van der Waals surface area contributed by atoms with E-state index in [1.807, 2.05) is 12.1 Å². The zero-order chi connectivity index (χ0) is 20.9. The fourth-order valence-electron chi connectivity index (χ4n) is 3.31.